The van der Waals surface area contributed by atoms with Crippen molar-refractivity contribution < 1.29 is 14.1 Å². The molecule has 0 aromatic carbocycles. The lowest BCUT2D eigenvalue weighted by Crippen LogP contribution is -2.39. The van der Waals surface area contributed by atoms with E-state index in [1.54, 1.807) is 13.1 Å². The van der Waals surface area contributed by atoms with Crippen LogP contribution in [0.5, 0.6) is 0 Å². The number of carbonyl (C=O) groups excluding carboxylic acids is 2. The SMILES string of the molecule is CNC(=O)C1(C)CCN(Cc2cc(C(=O)NN)no2)C1. The Kier molecular flexibility index (Phi) is 4.05. The molecular formula is C12H19N5O3. The molecule has 0 radical (unpaired) electrons. The van der Waals surface area contributed by atoms with Gasteiger partial charge in [-0.05, 0) is 19.9 Å². The van der Waals surface area contributed by atoms with E-state index in [0.717, 1.165) is 13.0 Å². The first-order valence-corrected chi connectivity index (χ1v) is 6.39. The number of carbonyl (C=O) groups is 2. The van der Waals surface area contributed by atoms with Gasteiger partial charge >= 0.3 is 0 Å². The Balaban J connectivity index is 1.97. The fourth-order valence-electron chi connectivity index (χ4n) is 2.47. The van der Waals surface area contributed by atoms with Gasteiger partial charge in [-0.2, -0.15) is 0 Å². The molecule has 1 atom stereocenters. The van der Waals surface area contributed by atoms with Gasteiger partial charge in [0.05, 0.1) is 12.0 Å². The molecule has 1 aromatic rings. The molecule has 1 saturated heterocycles. The number of nitrogens with one attached hydrogen (secondary N) is 2. The molecule has 2 heterocycles. The minimum absolute atomic E-state index is 0.0424. The van der Waals surface area contributed by atoms with E-state index in [4.69, 9.17) is 10.4 Å². The first kappa shape index (κ1) is 14.5. The number of hydrogen-bond acceptors (Lipinski definition) is 6. The second kappa shape index (κ2) is 5.59. The van der Waals surface area contributed by atoms with Gasteiger partial charge in [-0.1, -0.05) is 5.16 Å². The van der Waals surface area contributed by atoms with Crippen LogP contribution in [0.2, 0.25) is 0 Å². The lowest BCUT2D eigenvalue weighted by molar-refractivity contribution is -0.129. The van der Waals surface area contributed by atoms with Crippen LogP contribution in [0.15, 0.2) is 10.6 Å². The van der Waals surface area contributed by atoms with Crippen LogP contribution >= 0.6 is 0 Å². The third-order valence-electron chi connectivity index (χ3n) is 3.63. The van der Waals surface area contributed by atoms with Crippen molar-refractivity contribution in [2.24, 2.45) is 11.3 Å². The molecule has 4 N–H and O–H groups in total. The Labute approximate surface area is 116 Å². The van der Waals surface area contributed by atoms with Gasteiger partial charge in [0.1, 0.15) is 0 Å². The van der Waals surface area contributed by atoms with Crippen molar-refractivity contribution in [1.29, 1.82) is 0 Å². The van der Waals surface area contributed by atoms with E-state index in [9.17, 15) is 9.59 Å². The third-order valence-corrected chi connectivity index (χ3v) is 3.63. The first-order chi connectivity index (χ1) is 9.48. The molecule has 1 aromatic heterocycles. The molecule has 0 spiro atoms. The summed E-state index contributed by atoms with van der Waals surface area (Å²) in [7, 11) is 1.64. The zero-order valence-corrected chi connectivity index (χ0v) is 11.6. The summed E-state index contributed by atoms with van der Waals surface area (Å²) in [5.74, 6) is 5.15. The Bertz CT molecular complexity index is 515. The summed E-state index contributed by atoms with van der Waals surface area (Å²) >= 11 is 0. The van der Waals surface area contributed by atoms with Gasteiger partial charge in [-0.3, -0.25) is 19.9 Å². The monoisotopic (exact) mass is 281 g/mol. The highest BCUT2D eigenvalue weighted by molar-refractivity contribution is 5.91. The molecule has 0 saturated carbocycles. The highest BCUT2D eigenvalue weighted by Crippen LogP contribution is 2.30. The van der Waals surface area contributed by atoms with E-state index in [2.05, 4.69) is 15.4 Å². The molecular weight excluding hydrogens is 262 g/mol. The van der Waals surface area contributed by atoms with E-state index >= 15 is 0 Å². The maximum Gasteiger partial charge on any atom is 0.287 e. The zero-order chi connectivity index (χ0) is 14.8. The summed E-state index contributed by atoms with van der Waals surface area (Å²) < 4.78 is 5.10. The molecule has 0 bridgehead atoms. The summed E-state index contributed by atoms with van der Waals surface area (Å²) in [5.41, 5.74) is 1.76. The van der Waals surface area contributed by atoms with Crippen LogP contribution in [-0.4, -0.2) is 42.0 Å². The average Bonchev–Trinajstić information content (AvgIpc) is 3.05. The van der Waals surface area contributed by atoms with Crippen molar-refractivity contribution >= 4 is 11.8 Å². The van der Waals surface area contributed by atoms with E-state index < -0.39 is 5.91 Å². The van der Waals surface area contributed by atoms with Crippen molar-refractivity contribution in [1.82, 2.24) is 20.8 Å². The zero-order valence-electron chi connectivity index (χ0n) is 11.6. The number of likely N-dealkylation sites (tertiary alicyclic amines) is 1. The number of hydrogen-bond donors (Lipinski definition) is 3. The van der Waals surface area contributed by atoms with E-state index in [1.807, 2.05) is 12.3 Å². The number of aromatic nitrogens is 1. The molecule has 1 fully saturated rings. The minimum atomic E-state index is -0.489. The van der Waals surface area contributed by atoms with Gasteiger partial charge in [-0.15, -0.1) is 0 Å². The average molecular weight is 281 g/mol. The lowest BCUT2D eigenvalue weighted by Gasteiger charge is -2.22. The van der Waals surface area contributed by atoms with Crippen molar-refractivity contribution in [3.8, 4) is 0 Å². The smallest absolute Gasteiger partial charge is 0.287 e. The number of nitrogens with two attached hydrogens (primary N) is 1. The summed E-state index contributed by atoms with van der Waals surface area (Å²) in [4.78, 5) is 25.2. The van der Waals surface area contributed by atoms with Crippen LogP contribution in [-0.2, 0) is 11.3 Å². The maximum atomic E-state index is 11.8. The number of amides is 2. The molecule has 1 aliphatic rings. The van der Waals surface area contributed by atoms with Gasteiger partial charge in [0.15, 0.2) is 11.5 Å². The van der Waals surface area contributed by atoms with Gasteiger partial charge in [-0.25, -0.2) is 5.84 Å². The topological polar surface area (TPSA) is 113 Å². The van der Waals surface area contributed by atoms with E-state index in [1.165, 1.54) is 0 Å². The fraction of sp³-hybridized carbons (Fsp3) is 0.583. The molecule has 110 valence electrons. The lowest BCUT2D eigenvalue weighted by atomic mass is 9.89. The highest BCUT2D eigenvalue weighted by Gasteiger charge is 2.39. The van der Waals surface area contributed by atoms with Crippen molar-refractivity contribution in [2.75, 3.05) is 20.1 Å². The minimum Gasteiger partial charge on any atom is -0.359 e. The van der Waals surface area contributed by atoms with Crippen LogP contribution in [0.25, 0.3) is 0 Å². The maximum absolute atomic E-state index is 11.8. The molecule has 20 heavy (non-hydrogen) atoms. The molecule has 2 rings (SSSR count). The number of nitrogens with zero attached hydrogens (tertiary/aromatic N) is 2. The van der Waals surface area contributed by atoms with Crippen LogP contribution in [0.3, 0.4) is 0 Å². The molecule has 0 aliphatic carbocycles. The summed E-state index contributed by atoms with van der Waals surface area (Å²) in [6.45, 7) is 3.89. The Morgan fingerprint density at radius 1 is 1.60 bits per heavy atom. The Hall–Kier alpha value is -1.93. The number of hydrazine groups is 1. The molecule has 8 nitrogen and oxygen atoms in total. The summed E-state index contributed by atoms with van der Waals surface area (Å²) in [6.07, 6.45) is 0.789. The summed E-state index contributed by atoms with van der Waals surface area (Å²) in [5, 5.41) is 6.33. The second-order valence-corrected chi connectivity index (χ2v) is 5.25. The largest absolute Gasteiger partial charge is 0.359 e. The van der Waals surface area contributed by atoms with E-state index in [-0.39, 0.29) is 17.0 Å². The van der Waals surface area contributed by atoms with Crippen LogP contribution in [0, 0.1) is 5.41 Å². The van der Waals surface area contributed by atoms with Gasteiger partial charge in [0.25, 0.3) is 5.91 Å². The predicted octanol–water partition coefficient (Wildman–Crippen LogP) is -0.764. The molecule has 1 aliphatic heterocycles. The van der Waals surface area contributed by atoms with Gasteiger partial charge < -0.3 is 9.84 Å². The van der Waals surface area contributed by atoms with Gasteiger partial charge in [0, 0.05) is 19.7 Å². The second-order valence-electron chi connectivity index (χ2n) is 5.25. The van der Waals surface area contributed by atoms with Crippen LogP contribution in [0.1, 0.15) is 29.6 Å². The van der Waals surface area contributed by atoms with Gasteiger partial charge in [0.2, 0.25) is 5.91 Å². The number of nitrogen functional groups attached to an aromatic ring is 1. The molecule has 1 unspecified atom stereocenters. The van der Waals surface area contributed by atoms with Crippen molar-refractivity contribution in [3.05, 3.63) is 17.5 Å². The van der Waals surface area contributed by atoms with Crippen LogP contribution in [0.4, 0.5) is 0 Å². The fourth-order valence-corrected chi connectivity index (χ4v) is 2.47. The Morgan fingerprint density at radius 2 is 2.35 bits per heavy atom. The standard InChI is InChI=1S/C12H19N5O3/c1-12(11(19)14-2)3-4-17(7-12)6-8-5-9(16-20-8)10(18)15-13/h5H,3-4,6-7,13H2,1-2H3,(H,14,19)(H,15,18). The predicted molar refractivity (Wildman–Crippen MR) is 70.2 cm³/mol. The molecule has 2 amide bonds. The van der Waals surface area contributed by atoms with Crippen molar-refractivity contribution in [2.45, 2.75) is 19.9 Å². The number of rotatable bonds is 4. The first-order valence-electron chi connectivity index (χ1n) is 6.39. The normalized spacial score (nSPS) is 22.8. The van der Waals surface area contributed by atoms with E-state index in [0.29, 0.717) is 18.8 Å². The van der Waals surface area contributed by atoms with Crippen LogP contribution < -0.4 is 16.6 Å². The summed E-state index contributed by atoms with van der Waals surface area (Å²) in [6, 6.07) is 1.55. The highest BCUT2D eigenvalue weighted by atomic mass is 16.5. The molecule has 8 heteroatoms. The quantitative estimate of drug-likeness (QED) is 0.379. The van der Waals surface area contributed by atoms with Crippen molar-refractivity contribution in [3.63, 3.8) is 0 Å². The Morgan fingerprint density at radius 3 is 3.00 bits per heavy atom. The third kappa shape index (κ3) is 2.81.